The second-order valence-corrected chi connectivity index (χ2v) is 4.22. The van der Waals surface area contributed by atoms with Crippen molar-refractivity contribution in [3.8, 4) is 0 Å². The molecule has 3 heteroatoms. The predicted octanol–water partition coefficient (Wildman–Crippen LogP) is 2.50. The van der Waals surface area contributed by atoms with Gasteiger partial charge in [0.15, 0.2) is 0 Å². The van der Waals surface area contributed by atoms with Crippen LogP contribution in [0.5, 0.6) is 0 Å². The number of anilines is 1. The molecule has 0 amide bonds. The van der Waals surface area contributed by atoms with Crippen LogP contribution in [0.2, 0.25) is 0 Å². The molecule has 4 rings (SSSR count). The van der Waals surface area contributed by atoms with Crippen LogP contribution in [0.15, 0.2) is 48.6 Å². The minimum atomic E-state index is 0.358. The molecule has 1 aromatic heterocycles. The van der Waals surface area contributed by atoms with Crippen LogP contribution < -0.4 is 5.32 Å². The SMILES string of the molecule is C1=CC2Nc3nc4ccccc4n3C2C=C1. The quantitative estimate of drug-likeness (QED) is 0.722. The molecule has 0 spiro atoms. The third-order valence-corrected chi connectivity index (χ3v) is 3.30. The highest BCUT2D eigenvalue weighted by Gasteiger charge is 2.31. The summed E-state index contributed by atoms with van der Waals surface area (Å²) >= 11 is 0. The van der Waals surface area contributed by atoms with Crippen molar-refractivity contribution in [2.75, 3.05) is 5.32 Å². The molecule has 16 heavy (non-hydrogen) atoms. The van der Waals surface area contributed by atoms with E-state index in [1.54, 1.807) is 0 Å². The maximum absolute atomic E-state index is 4.60. The van der Waals surface area contributed by atoms with Gasteiger partial charge in [0.05, 0.1) is 23.1 Å². The second kappa shape index (κ2) is 2.76. The Morgan fingerprint density at radius 2 is 2.00 bits per heavy atom. The first kappa shape index (κ1) is 8.16. The maximum Gasteiger partial charge on any atom is 0.205 e. The highest BCUT2D eigenvalue weighted by Crippen LogP contribution is 2.35. The Morgan fingerprint density at radius 3 is 3.00 bits per heavy atom. The van der Waals surface area contributed by atoms with Crippen LogP contribution in [0.1, 0.15) is 6.04 Å². The number of rotatable bonds is 0. The summed E-state index contributed by atoms with van der Waals surface area (Å²) < 4.78 is 2.28. The average Bonchev–Trinajstić information content (AvgIpc) is 2.83. The van der Waals surface area contributed by atoms with Crippen molar-refractivity contribution in [1.29, 1.82) is 0 Å². The average molecular weight is 209 g/mol. The van der Waals surface area contributed by atoms with E-state index in [0.717, 1.165) is 11.5 Å². The highest BCUT2D eigenvalue weighted by molar-refractivity contribution is 5.80. The van der Waals surface area contributed by atoms with E-state index in [2.05, 4.69) is 57.4 Å². The molecule has 2 unspecified atom stereocenters. The molecule has 78 valence electrons. The number of hydrogen-bond acceptors (Lipinski definition) is 2. The molecule has 0 bridgehead atoms. The first-order valence-electron chi connectivity index (χ1n) is 5.52. The van der Waals surface area contributed by atoms with Gasteiger partial charge in [-0.1, -0.05) is 36.4 Å². The fourth-order valence-electron chi connectivity index (χ4n) is 2.57. The van der Waals surface area contributed by atoms with E-state index in [-0.39, 0.29) is 0 Å². The van der Waals surface area contributed by atoms with Gasteiger partial charge in [-0.3, -0.25) is 0 Å². The molecule has 1 aliphatic heterocycles. The van der Waals surface area contributed by atoms with Gasteiger partial charge in [-0.05, 0) is 12.1 Å². The van der Waals surface area contributed by atoms with E-state index in [4.69, 9.17) is 0 Å². The topological polar surface area (TPSA) is 29.9 Å². The van der Waals surface area contributed by atoms with Crippen LogP contribution in [0.4, 0.5) is 5.95 Å². The number of aromatic nitrogens is 2. The lowest BCUT2D eigenvalue weighted by Crippen LogP contribution is -2.20. The van der Waals surface area contributed by atoms with E-state index >= 15 is 0 Å². The molecule has 0 saturated heterocycles. The van der Waals surface area contributed by atoms with Crippen molar-refractivity contribution in [1.82, 2.24) is 9.55 Å². The molecule has 3 nitrogen and oxygen atoms in total. The summed E-state index contributed by atoms with van der Waals surface area (Å²) in [6.07, 6.45) is 8.60. The van der Waals surface area contributed by atoms with Gasteiger partial charge >= 0.3 is 0 Å². The predicted molar refractivity (Wildman–Crippen MR) is 64.5 cm³/mol. The molecule has 2 aromatic rings. The zero-order valence-electron chi connectivity index (χ0n) is 8.67. The molecule has 2 aliphatic rings. The molecule has 1 aromatic carbocycles. The lowest BCUT2D eigenvalue weighted by atomic mass is 10.0. The fourth-order valence-corrected chi connectivity index (χ4v) is 2.57. The van der Waals surface area contributed by atoms with Gasteiger partial charge in [0.25, 0.3) is 0 Å². The van der Waals surface area contributed by atoms with Crippen LogP contribution in [-0.2, 0) is 0 Å². The van der Waals surface area contributed by atoms with Crippen LogP contribution in [-0.4, -0.2) is 15.6 Å². The van der Waals surface area contributed by atoms with Crippen molar-refractivity contribution in [2.45, 2.75) is 12.1 Å². The third-order valence-electron chi connectivity index (χ3n) is 3.30. The molecule has 2 heterocycles. The van der Waals surface area contributed by atoms with Gasteiger partial charge < -0.3 is 9.88 Å². The Balaban J connectivity index is 2.01. The lowest BCUT2D eigenvalue weighted by molar-refractivity contribution is 0.644. The standard InChI is InChI=1S/C13H11N3/c1-3-7-11-9(5-1)14-13-15-10-6-2-4-8-12(10)16(11)13/h1-9,11H,(H,14,15). The monoisotopic (exact) mass is 209 g/mol. The summed E-state index contributed by atoms with van der Waals surface area (Å²) in [5.74, 6) is 0.979. The molecule has 0 saturated carbocycles. The smallest absolute Gasteiger partial charge is 0.205 e. The molecular weight excluding hydrogens is 198 g/mol. The normalized spacial score (nSPS) is 25.5. The van der Waals surface area contributed by atoms with Gasteiger partial charge in [0.1, 0.15) is 0 Å². The van der Waals surface area contributed by atoms with Crippen molar-refractivity contribution >= 4 is 17.0 Å². The molecule has 1 aliphatic carbocycles. The largest absolute Gasteiger partial charge is 0.347 e. The molecular formula is C13H11N3. The van der Waals surface area contributed by atoms with Crippen molar-refractivity contribution in [3.63, 3.8) is 0 Å². The number of imidazole rings is 1. The van der Waals surface area contributed by atoms with E-state index < -0.39 is 0 Å². The van der Waals surface area contributed by atoms with E-state index in [1.807, 2.05) is 6.07 Å². The Bertz CT molecular complexity index is 621. The van der Waals surface area contributed by atoms with Crippen molar-refractivity contribution in [3.05, 3.63) is 48.6 Å². The Labute approximate surface area is 93.1 Å². The highest BCUT2D eigenvalue weighted by atomic mass is 15.3. The Kier molecular flexibility index (Phi) is 1.41. The molecule has 1 N–H and O–H groups in total. The number of para-hydroxylation sites is 2. The number of nitrogens with zero attached hydrogens (tertiary/aromatic N) is 2. The van der Waals surface area contributed by atoms with Gasteiger partial charge in [0.2, 0.25) is 5.95 Å². The minimum absolute atomic E-state index is 0.358. The van der Waals surface area contributed by atoms with Crippen LogP contribution in [0, 0.1) is 0 Å². The number of benzene rings is 1. The Morgan fingerprint density at radius 1 is 1.12 bits per heavy atom. The zero-order chi connectivity index (χ0) is 10.5. The first-order valence-corrected chi connectivity index (χ1v) is 5.52. The van der Waals surface area contributed by atoms with Crippen LogP contribution in [0.3, 0.4) is 0 Å². The van der Waals surface area contributed by atoms with E-state index in [1.165, 1.54) is 5.52 Å². The van der Waals surface area contributed by atoms with Crippen LogP contribution in [0.25, 0.3) is 11.0 Å². The zero-order valence-corrected chi connectivity index (χ0v) is 8.67. The van der Waals surface area contributed by atoms with Gasteiger partial charge in [-0.2, -0.15) is 0 Å². The van der Waals surface area contributed by atoms with Gasteiger partial charge in [-0.15, -0.1) is 0 Å². The molecule has 0 fully saturated rings. The summed E-state index contributed by atoms with van der Waals surface area (Å²) in [6, 6.07) is 9.00. The number of nitrogens with one attached hydrogen (secondary N) is 1. The minimum Gasteiger partial charge on any atom is -0.347 e. The number of fused-ring (bicyclic) bond motifs is 5. The molecule has 2 atom stereocenters. The first-order chi connectivity index (χ1) is 7.93. The number of allylic oxidation sites excluding steroid dienone is 2. The summed E-state index contributed by atoms with van der Waals surface area (Å²) in [5.41, 5.74) is 2.27. The third kappa shape index (κ3) is 0.902. The van der Waals surface area contributed by atoms with Gasteiger partial charge in [-0.25, -0.2) is 4.98 Å². The summed E-state index contributed by atoms with van der Waals surface area (Å²) in [6.45, 7) is 0. The molecule has 0 radical (unpaired) electrons. The van der Waals surface area contributed by atoms with Crippen LogP contribution >= 0.6 is 0 Å². The summed E-state index contributed by atoms with van der Waals surface area (Å²) in [4.78, 5) is 4.60. The summed E-state index contributed by atoms with van der Waals surface area (Å²) in [7, 11) is 0. The number of hydrogen-bond donors (Lipinski definition) is 1. The Hall–Kier alpha value is -2.03. The van der Waals surface area contributed by atoms with Gasteiger partial charge in [0, 0.05) is 0 Å². The maximum atomic E-state index is 4.60. The van der Waals surface area contributed by atoms with Crippen molar-refractivity contribution in [2.24, 2.45) is 0 Å². The van der Waals surface area contributed by atoms with E-state index in [0.29, 0.717) is 12.1 Å². The van der Waals surface area contributed by atoms with Crippen molar-refractivity contribution < 1.29 is 0 Å². The lowest BCUT2D eigenvalue weighted by Gasteiger charge is -2.17. The fraction of sp³-hybridized carbons (Fsp3) is 0.154. The van der Waals surface area contributed by atoms with E-state index in [9.17, 15) is 0 Å². The summed E-state index contributed by atoms with van der Waals surface area (Å²) in [5, 5.41) is 3.44. The second-order valence-electron chi connectivity index (χ2n) is 4.22.